The SMILES string of the molecule is NC(=O)OCCNC(=O)CC1CCC(N)CC1. The summed E-state index contributed by atoms with van der Waals surface area (Å²) in [5.74, 6) is 0.436. The molecule has 0 aromatic carbocycles. The number of rotatable bonds is 5. The first-order chi connectivity index (χ1) is 8.08. The van der Waals surface area contributed by atoms with E-state index in [1.165, 1.54) is 0 Å². The van der Waals surface area contributed by atoms with Gasteiger partial charge in [0.15, 0.2) is 0 Å². The van der Waals surface area contributed by atoms with Crippen molar-refractivity contribution in [2.24, 2.45) is 17.4 Å². The molecular formula is C11H21N3O3. The molecule has 17 heavy (non-hydrogen) atoms. The van der Waals surface area contributed by atoms with Gasteiger partial charge in [-0.15, -0.1) is 0 Å². The molecule has 0 bridgehead atoms. The first-order valence-corrected chi connectivity index (χ1v) is 6.02. The largest absolute Gasteiger partial charge is 0.448 e. The maximum absolute atomic E-state index is 11.5. The van der Waals surface area contributed by atoms with Crippen molar-refractivity contribution in [3.8, 4) is 0 Å². The van der Waals surface area contributed by atoms with E-state index in [1.807, 2.05) is 0 Å². The van der Waals surface area contributed by atoms with Crippen LogP contribution in [0, 0.1) is 5.92 Å². The Morgan fingerprint density at radius 1 is 1.24 bits per heavy atom. The lowest BCUT2D eigenvalue weighted by atomic mass is 9.84. The summed E-state index contributed by atoms with van der Waals surface area (Å²) >= 11 is 0. The van der Waals surface area contributed by atoms with Crippen molar-refractivity contribution < 1.29 is 14.3 Å². The summed E-state index contributed by atoms with van der Waals surface area (Å²) in [6, 6.07) is 0.304. The van der Waals surface area contributed by atoms with Crippen LogP contribution < -0.4 is 16.8 Å². The third-order valence-corrected chi connectivity index (χ3v) is 3.03. The lowest BCUT2D eigenvalue weighted by Crippen LogP contribution is -2.32. The molecule has 0 atom stereocenters. The van der Waals surface area contributed by atoms with Gasteiger partial charge in [0.25, 0.3) is 0 Å². The Morgan fingerprint density at radius 2 is 1.88 bits per heavy atom. The number of hydrogen-bond donors (Lipinski definition) is 3. The van der Waals surface area contributed by atoms with Crippen molar-refractivity contribution in [2.45, 2.75) is 38.1 Å². The van der Waals surface area contributed by atoms with Crippen LogP contribution in [0.3, 0.4) is 0 Å². The lowest BCUT2D eigenvalue weighted by Gasteiger charge is -2.25. The maximum atomic E-state index is 11.5. The van der Waals surface area contributed by atoms with Crippen LogP contribution >= 0.6 is 0 Å². The highest BCUT2D eigenvalue weighted by Gasteiger charge is 2.20. The van der Waals surface area contributed by atoms with Gasteiger partial charge in [0.2, 0.25) is 5.91 Å². The maximum Gasteiger partial charge on any atom is 0.404 e. The van der Waals surface area contributed by atoms with Crippen molar-refractivity contribution in [2.75, 3.05) is 13.2 Å². The lowest BCUT2D eigenvalue weighted by molar-refractivity contribution is -0.122. The highest BCUT2D eigenvalue weighted by Crippen LogP contribution is 2.25. The molecule has 0 heterocycles. The highest BCUT2D eigenvalue weighted by molar-refractivity contribution is 5.76. The van der Waals surface area contributed by atoms with Crippen LogP contribution in [0.4, 0.5) is 4.79 Å². The van der Waals surface area contributed by atoms with Gasteiger partial charge in [0, 0.05) is 12.5 Å². The van der Waals surface area contributed by atoms with E-state index in [2.05, 4.69) is 10.1 Å². The molecule has 2 amide bonds. The first-order valence-electron chi connectivity index (χ1n) is 6.02. The molecule has 1 aliphatic rings. The van der Waals surface area contributed by atoms with Crippen molar-refractivity contribution in [3.05, 3.63) is 0 Å². The number of carbonyl (C=O) groups excluding carboxylic acids is 2. The van der Waals surface area contributed by atoms with E-state index in [1.54, 1.807) is 0 Å². The fraction of sp³-hybridized carbons (Fsp3) is 0.818. The van der Waals surface area contributed by atoms with Crippen LogP contribution in [0.1, 0.15) is 32.1 Å². The van der Waals surface area contributed by atoms with Crippen molar-refractivity contribution >= 4 is 12.0 Å². The van der Waals surface area contributed by atoms with Gasteiger partial charge >= 0.3 is 6.09 Å². The molecule has 1 fully saturated rings. The zero-order valence-electron chi connectivity index (χ0n) is 9.98. The van der Waals surface area contributed by atoms with Gasteiger partial charge in [0.05, 0.1) is 6.54 Å². The Hall–Kier alpha value is -1.30. The van der Waals surface area contributed by atoms with Crippen molar-refractivity contribution in [1.29, 1.82) is 0 Å². The fourth-order valence-corrected chi connectivity index (χ4v) is 2.07. The molecule has 1 aliphatic carbocycles. The molecular weight excluding hydrogens is 222 g/mol. The Morgan fingerprint density at radius 3 is 2.47 bits per heavy atom. The smallest absolute Gasteiger partial charge is 0.404 e. The second kappa shape index (κ2) is 7.11. The van der Waals surface area contributed by atoms with Gasteiger partial charge < -0.3 is 21.5 Å². The van der Waals surface area contributed by atoms with E-state index in [9.17, 15) is 9.59 Å². The summed E-state index contributed by atoms with van der Waals surface area (Å²) in [4.78, 5) is 21.8. The molecule has 6 nitrogen and oxygen atoms in total. The second-order valence-electron chi connectivity index (χ2n) is 4.50. The molecule has 6 heteroatoms. The van der Waals surface area contributed by atoms with E-state index in [0.717, 1.165) is 25.7 Å². The summed E-state index contributed by atoms with van der Waals surface area (Å²) in [7, 11) is 0. The molecule has 0 spiro atoms. The van der Waals surface area contributed by atoms with Crippen LogP contribution in [0.15, 0.2) is 0 Å². The molecule has 0 saturated heterocycles. The number of nitrogens with two attached hydrogens (primary N) is 2. The minimum atomic E-state index is -0.819. The third kappa shape index (κ3) is 6.11. The number of carbonyl (C=O) groups is 2. The van der Waals surface area contributed by atoms with Crippen LogP contribution in [0.5, 0.6) is 0 Å². The quantitative estimate of drug-likeness (QED) is 0.595. The minimum Gasteiger partial charge on any atom is -0.448 e. The Kier molecular flexibility index (Phi) is 5.76. The Labute approximate surface area is 101 Å². The topological polar surface area (TPSA) is 107 Å². The zero-order valence-corrected chi connectivity index (χ0v) is 9.98. The molecule has 0 aliphatic heterocycles. The third-order valence-electron chi connectivity index (χ3n) is 3.03. The summed E-state index contributed by atoms with van der Waals surface area (Å²) < 4.78 is 4.50. The molecule has 0 aromatic heterocycles. The van der Waals surface area contributed by atoms with Gasteiger partial charge in [-0.05, 0) is 31.6 Å². The number of primary amides is 1. The number of hydrogen-bond acceptors (Lipinski definition) is 4. The van der Waals surface area contributed by atoms with Gasteiger partial charge in [-0.1, -0.05) is 0 Å². The van der Waals surface area contributed by atoms with E-state index < -0.39 is 6.09 Å². The van der Waals surface area contributed by atoms with E-state index >= 15 is 0 Å². The standard InChI is InChI=1S/C11H21N3O3/c12-9-3-1-8(2-4-9)7-10(15)14-5-6-17-11(13)16/h8-9H,1-7,12H2,(H2,13,16)(H,14,15). The molecule has 5 N–H and O–H groups in total. The first kappa shape index (κ1) is 13.8. The van der Waals surface area contributed by atoms with Crippen LogP contribution in [0.25, 0.3) is 0 Å². The van der Waals surface area contributed by atoms with Gasteiger partial charge in [-0.25, -0.2) is 4.79 Å². The summed E-state index contributed by atoms with van der Waals surface area (Å²) in [6.07, 6.45) is 3.76. The predicted molar refractivity (Wildman–Crippen MR) is 63.1 cm³/mol. The summed E-state index contributed by atoms with van der Waals surface area (Å²) in [5, 5.41) is 2.69. The molecule has 98 valence electrons. The fourth-order valence-electron chi connectivity index (χ4n) is 2.07. The summed E-state index contributed by atoms with van der Waals surface area (Å²) in [6.45, 7) is 0.435. The summed E-state index contributed by atoms with van der Waals surface area (Å²) in [5.41, 5.74) is 10.6. The average Bonchev–Trinajstić information content (AvgIpc) is 2.27. The molecule has 0 unspecified atom stereocenters. The number of ether oxygens (including phenoxy) is 1. The van der Waals surface area contributed by atoms with Crippen molar-refractivity contribution in [1.82, 2.24) is 5.32 Å². The van der Waals surface area contributed by atoms with E-state index in [0.29, 0.717) is 24.9 Å². The van der Waals surface area contributed by atoms with Crippen LogP contribution in [0.2, 0.25) is 0 Å². The second-order valence-corrected chi connectivity index (χ2v) is 4.50. The number of amides is 2. The highest BCUT2D eigenvalue weighted by atomic mass is 16.5. The minimum absolute atomic E-state index is 0.00135. The normalized spacial score (nSPS) is 24.1. The van der Waals surface area contributed by atoms with Crippen LogP contribution in [-0.4, -0.2) is 31.2 Å². The zero-order chi connectivity index (χ0) is 12.7. The molecule has 0 radical (unpaired) electrons. The van der Waals surface area contributed by atoms with Gasteiger partial charge in [-0.3, -0.25) is 4.79 Å². The monoisotopic (exact) mass is 243 g/mol. The average molecular weight is 243 g/mol. The molecule has 1 rings (SSSR count). The van der Waals surface area contributed by atoms with Crippen LogP contribution in [-0.2, 0) is 9.53 Å². The number of nitrogens with one attached hydrogen (secondary N) is 1. The molecule has 0 aromatic rings. The van der Waals surface area contributed by atoms with Crippen molar-refractivity contribution in [3.63, 3.8) is 0 Å². The van der Waals surface area contributed by atoms with Gasteiger partial charge in [-0.2, -0.15) is 0 Å². The van der Waals surface area contributed by atoms with E-state index in [-0.39, 0.29) is 12.5 Å². The van der Waals surface area contributed by atoms with Gasteiger partial charge in [0.1, 0.15) is 6.61 Å². The Bertz CT molecular complexity index is 263. The van der Waals surface area contributed by atoms with E-state index in [4.69, 9.17) is 11.5 Å². The predicted octanol–water partition coefficient (Wildman–Crippen LogP) is 0.106. The molecule has 1 saturated carbocycles. The Balaban J connectivity index is 2.06.